The molecule has 2 saturated heterocycles. The van der Waals surface area contributed by atoms with Gasteiger partial charge < -0.3 is 19.4 Å². The summed E-state index contributed by atoms with van der Waals surface area (Å²) in [4.78, 5) is 19.0. The van der Waals surface area contributed by atoms with Crippen LogP contribution in [0.1, 0.15) is 191 Å². The Morgan fingerprint density at radius 3 is 0.947 bits per heavy atom. The van der Waals surface area contributed by atoms with E-state index in [2.05, 4.69) is 158 Å². The van der Waals surface area contributed by atoms with Crippen molar-refractivity contribution in [1.29, 1.82) is 0 Å². The second kappa shape index (κ2) is 24.6. The number of hydrogen-bond acceptors (Lipinski definition) is 4. The Labute approximate surface area is 380 Å². The van der Waals surface area contributed by atoms with E-state index in [0.717, 1.165) is 60.6 Å². The van der Waals surface area contributed by atoms with Crippen molar-refractivity contribution in [3.05, 3.63) is 106 Å². The molecular weight excluding hydrogens is 839 g/mol. The van der Waals surface area contributed by atoms with Crippen molar-refractivity contribution >= 4 is 23.8 Å². The Kier molecular flexibility index (Phi) is 21.9. The number of ether oxygens (including phenoxy) is 2. The number of aliphatic imine (C=N–C) groups is 2. The van der Waals surface area contributed by atoms with Gasteiger partial charge in [0, 0.05) is 79.2 Å². The summed E-state index contributed by atoms with van der Waals surface area (Å²) in [6.45, 7) is 34.8. The molecule has 6 rings (SSSR count). The van der Waals surface area contributed by atoms with E-state index in [1.807, 2.05) is 12.4 Å². The fourth-order valence-corrected chi connectivity index (χ4v) is 6.34. The van der Waals surface area contributed by atoms with Crippen LogP contribution in [0.25, 0.3) is 0 Å². The number of nitrogens with zero attached hydrogens (tertiary/aromatic N) is 4. The van der Waals surface area contributed by atoms with Crippen LogP contribution in [0, 0.1) is 40.4 Å². The largest absolute Gasteiger partial charge is 0.660 e. The minimum absolute atomic E-state index is 0. The van der Waals surface area contributed by atoms with E-state index in [0.29, 0.717) is 23.7 Å². The average molecular weight is 914 g/mol. The minimum Gasteiger partial charge on any atom is -0.660 e. The van der Waals surface area contributed by atoms with E-state index < -0.39 is 0 Å². The first-order valence-electron chi connectivity index (χ1n) is 21.2. The molecule has 0 radical (unpaired) electrons. The van der Waals surface area contributed by atoms with Gasteiger partial charge in [-0.25, -0.2) is 0 Å². The van der Waals surface area contributed by atoms with E-state index in [4.69, 9.17) is 29.4 Å². The van der Waals surface area contributed by atoms with Crippen molar-refractivity contribution in [3.63, 3.8) is 0 Å². The Morgan fingerprint density at radius 2 is 0.754 bits per heavy atom. The van der Waals surface area contributed by atoms with Gasteiger partial charge in [-0.1, -0.05) is 158 Å². The van der Waals surface area contributed by atoms with Gasteiger partial charge in [0.25, 0.3) is 0 Å². The Balaban J connectivity index is 0.000000310. The molecule has 7 heteroatoms. The summed E-state index contributed by atoms with van der Waals surface area (Å²) in [5.41, 5.74) is 11.7. The number of rotatable bonds is 8. The Bertz CT molecular complexity index is 1590. The average Bonchev–Trinajstić information content (AvgIpc) is 3.98. The molecule has 0 saturated carbocycles. The maximum atomic E-state index is 4.94. The van der Waals surface area contributed by atoms with Crippen LogP contribution in [-0.4, -0.2) is 38.9 Å². The van der Waals surface area contributed by atoms with Crippen LogP contribution in [0.15, 0.2) is 70.6 Å². The molecule has 6 nitrogen and oxygen atoms in total. The molecule has 0 bridgehead atoms. The summed E-state index contributed by atoms with van der Waals surface area (Å²) in [5, 5.41) is 0. The topological polar surface area (TPSA) is 71.4 Å². The molecule has 57 heavy (non-hydrogen) atoms. The quantitative estimate of drug-likeness (QED) is 0.165. The van der Waals surface area contributed by atoms with Crippen molar-refractivity contribution in [2.45, 2.75) is 157 Å². The molecule has 314 valence electrons. The maximum Gasteiger partial charge on any atom is 0.0698 e. The molecular formula is C50H74N4O2Sm-2. The van der Waals surface area contributed by atoms with E-state index in [1.165, 1.54) is 47.9 Å². The van der Waals surface area contributed by atoms with Crippen molar-refractivity contribution < 1.29 is 49.9 Å². The minimum atomic E-state index is 0. The van der Waals surface area contributed by atoms with Gasteiger partial charge in [-0.05, 0) is 82.4 Å². The summed E-state index contributed by atoms with van der Waals surface area (Å²) in [6, 6.07) is 21.3. The van der Waals surface area contributed by atoms with Crippen molar-refractivity contribution in [3.8, 4) is 0 Å². The zero-order valence-corrected chi connectivity index (χ0v) is 40.5. The molecule has 2 aromatic heterocycles. The molecule has 0 amide bonds. The first-order valence-corrected chi connectivity index (χ1v) is 21.2. The number of benzene rings is 2. The molecule has 2 aromatic carbocycles. The molecule has 0 spiro atoms. The van der Waals surface area contributed by atoms with Gasteiger partial charge in [0.2, 0.25) is 0 Å². The molecule has 4 heterocycles. The normalized spacial score (nSPS) is 14.5. The smallest absolute Gasteiger partial charge is 0.0698 e. The third-order valence-corrected chi connectivity index (χ3v) is 9.85. The van der Waals surface area contributed by atoms with Crippen LogP contribution in [0.2, 0.25) is 0 Å². The van der Waals surface area contributed by atoms with E-state index >= 15 is 0 Å². The molecule has 0 atom stereocenters. The van der Waals surface area contributed by atoms with Crippen LogP contribution in [0.5, 0.6) is 0 Å². The molecule has 4 aromatic rings. The van der Waals surface area contributed by atoms with E-state index in [9.17, 15) is 0 Å². The van der Waals surface area contributed by atoms with Gasteiger partial charge in [-0.15, -0.1) is 11.4 Å². The number of hydrogen-bond donors (Lipinski definition) is 0. The number of aromatic nitrogens is 2. The summed E-state index contributed by atoms with van der Waals surface area (Å²) in [7, 11) is 0. The van der Waals surface area contributed by atoms with Gasteiger partial charge in [0.15, 0.2) is 0 Å². The zero-order valence-electron chi connectivity index (χ0n) is 37.9. The molecule has 2 fully saturated rings. The standard InChI is InChI=1S/2C21H29N2.2C4H8O.Sm/c2*1-14(2)17-9-8-10-18(15(3)4)20(17)22-13-16-11-12-19(23-16)21(5,6)7;2*1-2-4-5-3-1;/h2*8-15H,1-7H3;2*1-4H2;/q2*-1;;;. The van der Waals surface area contributed by atoms with Crippen molar-refractivity contribution in [1.82, 2.24) is 9.97 Å². The predicted octanol–water partition coefficient (Wildman–Crippen LogP) is 13.5. The molecule has 2 aliphatic heterocycles. The van der Waals surface area contributed by atoms with Crippen LogP contribution >= 0.6 is 0 Å². The molecule has 0 aliphatic carbocycles. The molecule has 0 N–H and O–H groups in total. The zero-order chi connectivity index (χ0) is 41.5. The first kappa shape index (κ1) is 50.7. The van der Waals surface area contributed by atoms with E-state index in [-0.39, 0.29) is 51.2 Å². The monoisotopic (exact) mass is 915 g/mol. The third-order valence-electron chi connectivity index (χ3n) is 9.85. The number of para-hydroxylation sites is 2. The van der Waals surface area contributed by atoms with Gasteiger partial charge in [-0.2, -0.15) is 11.4 Å². The predicted molar refractivity (Wildman–Crippen MR) is 241 cm³/mol. The summed E-state index contributed by atoms with van der Waals surface area (Å²) in [6.07, 6.45) is 8.92. The maximum absolute atomic E-state index is 4.94. The first-order chi connectivity index (χ1) is 26.4. The second-order valence-electron chi connectivity index (χ2n) is 18.4. The van der Waals surface area contributed by atoms with Crippen molar-refractivity contribution in [2.75, 3.05) is 26.4 Å². The van der Waals surface area contributed by atoms with Gasteiger partial charge >= 0.3 is 0 Å². The van der Waals surface area contributed by atoms with Crippen LogP contribution in [-0.2, 0) is 20.3 Å². The Hall–Kier alpha value is -2.40. The fourth-order valence-electron chi connectivity index (χ4n) is 6.34. The second-order valence-corrected chi connectivity index (χ2v) is 18.4. The van der Waals surface area contributed by atoms with E-state index in [1.54, 1.807) is 0 Å². The van der Waals surface area contributed by atoms with Crippen LogP contribution in [0.3, 0.4) is 0 Å². The van der Waals surface area contributed by atoms with Gasteiger partial charge in [0.1, 0.15) is 0 Å². The van der Waals surface area contributed by atoms with Crippen molar-refractivity contribution in [2.24, 2.45) is 9.98 Å². The summed E-state index contributed by atoms with van der Waals surface area (Å²) in [5.74, 6) is 1.83. The Morgan fingerprint density at radius 1 is 0.474 bits per heavy atom. The third kappa shape index (κ3) is 17.0. The molecule has 2 aliphatic rings. The van der Waals surface area contributed by atoms with Gasteiger partial charge in [0.05, 0.1) is 11.4 Å². The molecule has 0 unspecified atom stereocenters. The van der Waals surface area contributed by atoms with Crippen LogP contribution in [0.4, 0.5) is 11.4 Å². The summed E-state index contributed by atoms with van der Waals surface area (Å²) >= 11 is 0. The van der Waals surface area contributed by atoms with Gasteiger partial charge in [-0.3, -0.25) is 9.98 Å². The van der Waals surface area contributed by atoms with Crippen LogP contribution < -0.4 is 9.97 Å². The summed E-state index contributed by atoms with van der Waals surface area (Å²) < 4.78 is 9.89. The fraction of sp³-hybridized carbons (Fsp3) is 0.560. The SMILES string of the molecule is C1CCOC1.C1CCOC1.CC(C)c1cccc(C(C)C)c1N=Cc1ccc(C(C)(C)C)[n-]1.CC(C)c1cccc(C(C)C)c1N=Cc1ccc(C(C)(C)C)[n-]1.[Sm].